The quantitative estimate of drug-likeness (QED) is 0.840. The van der Waals surface area contributed by atoms with Crippen LogP contribution in [0, 0.1) is 0 Å². The molecular weight excluding hydrogens is 226 g/mol. The van der Waals surface area contributed by atoms with Crippen LogP contribution < -0.4 is 5.32 Å². The molecular formula is C14H23N3O. The molecule has 2 aliphatic carbocycles. The van der Waals surface area contributed by atoms with Crippen LogP contribution in [0.15, 0.2) is 10.6 Å². The fourth-order valence-corrected chi connectivity index (χ4v) is 2.77. The Morgan fingerprint density at radius 3 is 2.83 bits per heavy atom. The second-order valence-corrected chi connectivity index (χ2v) is 5.79. The number of nitrogens with one attached hydrogen (secondary N) is 1. The van der Waals surface area contributed by atoms with Crippen LogP contribution in [0.2, 0.25) is 0 Å². The summed E-state index contributed by atoms with van der Waals surface area (Å²) in [4.78, 5) is 2.41. The van der Waals surface area contributed by atoms with E-state index in [2.05, 4.69) is 28.5 Å². The van der Waals surface area contributed by atoms with Crippen molar-refractivity contribution in [2.75, 3.05) is 7.05 Å². The third-order valence-electron chi connectivity index (χ3n) is 4.11. The number of nitrogens with zero attached hydrogens (tertiary/aromatic N) is 2. The summed E-state index contributed by atoms with van der Waals surface area (Å²) < 4.78 is 5.42. The molecule has 4 nitrogen and oxygen atoms in total. The predicted molar refractivity (Wildman–Crippen MR) is 70.1 cm³/mol. The van der Waals surface area contributed by atoms with Crippen LogP contribution in [-0.4, -0.2) is 29.2 Å². The van der Waals surface area contributed by atoms with Gasteiger partial charge in [0.25, 0.3) is 0 Å². The average Bonchev–Trinajstić information content (AvgIpc) is 2.88. The topological polar surface area (TPSA) is 41.3 Å². The molecule has 1 aromatic rings. The van der Waals surface area contributed by atoms with Crippen molar-refractivity contribution >= 4 is 0 Å². The zero-order chi connectivity index (χ0) is 12.4. The lowest BCUT2D eigenvalue weighted by atomic mass is 10.2. The smallest absolute Gasteiger partial charge is 0.151 e. The molecule has 0 unspecified atom stereocenters. The van der Waals surface area contributed by atoms with Gasteiger partial charge in [0.1, 0.15) is 0 Å². The second-order valence-electron chi connectivity index (χ2n) is 5.79. The first-order valence-electron chi connectivity index (χ1n) is 7.19. The van der Waals surface area contributed by atoms with Gasteiger partial charge in [0, 0.05) is 24.7 Å². The zero-order valence-electron chi connectivity index (χ0n) is 11.2. The van der Waals surface area contributed by atoms with Gasteiger partial charge in [-0.1, -0.05) is 18.0 Å². The Morgan fingerprint density at radius 2 is 2.11 bits per heavy atom. The summed E-state index contributed by atoms with van der Waals surface area (Å²) in [6.45, 7) is 1.74. The molecule has 0 aromatic carbocycles. The normalized spacial score (nSPS) is 21.0. The third-order valence-corrected chi connectivity index (χ3v) is 4.11. The molecule has 3 rings (SSSR count). The van der Waals surface area contributed by atoms with E-state index in [1.807, 2.05) is 0 Å². The van der Waals surface area contributed by atoms with Crippen molar-refractivity contribution in [1.82, 2.24) is 15.4 Å². The van der Waals surface area contributed by atoms with E-state index in [0.29, 0.717) is 0 Å². The highest BCUT2D eigenvalue weighted by atomic mass is 16.5. The van der Waals surface area contributed by atoms with E-state index in [1.54, 1.807) is 0 Å². The molecule has 1 heterocycles. The molecule has 1 aromatic heterocycles. The first-order valence-corrected chi connectivity index (χ1v) is 7.19. The van der Waals surface area contributed by atoms with Gasteiger partial charge in [0.15, 0.2) is 5.76 Å². The van der Waals surface area contributed by atoms with E-state index in [4.69, 9.17) is 4.52 Å². The van der Waals surface area contributed by atoms with Gasteiger partial charge in [0.05, 0.1) is 12.2 Å². The van der Waals surface area contributed by atoms with Crippen LogP contribution in [0.3, 0.4) is 0 Å². The molecule has 0 radical (unpaired) electrons. The van der Waals surface area contributed by atoms with Crippen molar-refractivity contribution in [3.8, 4) is 0 Å². The molecule has 18 heavy (non-hydrogen) atoms. The average molecular weight is 249 g/mol. The van der Waals surface area contributed by atoms with E-state index < -0.39 is 0 Å². The Bertz CT molecular complexity index is 380. The van der Waals surface area contributed by atoms with Gasteiger partial charge in [-0.25, -0.2) is 0 Å². The maximum Gasteiger partial charge on any atom is 0.151 e. The monoisotopic (exact) mass is 249 g/mol. The molecule has 0 bridgehead atoms. The van der Waals surface area contributed by atoms with Crippen molar-refractivity contribution in [2.24, 2.45) is 0 Å². The molecule has 0 saturated heterocycles. The summed E-state index contributed by atoms with van der Waals surface area (Å²) in [6.07, 6.45) is 8.05. The van der Waals surface area contributed by atoms with Gasteiger partial charge >= 0.3 is 0 Å². The molecule has 0 spiro atoms. The maximum atomic E-state index is 5.42. The highest BCUT2D eigenvalue weighted by molar-refractivity contribution is 5.06. The van der Waals surface area contributed by atoms with Crippen LogP contribution in [0.25, 0.3) is 0 Å². The predicted octanol–water partition coefficient (Wildman–Crippen LogP) is 2.30. The van der Waals surface area contributed by atoms with E-state index in [0.717, 1.165) is 36.6 Å². The minimum absolute atomic E-state index is 0.728. The van der Waals surface area contributed by atoms with Crippen molar-refractivity contribution < 1.29 is 4.52 Å². The lowest BCUT2D eigenvalue weighted by Gasteiger charge is -2.22. The number of aromatic nitrogens is 1. The standard InChI is InChI=1S/C14H23N3O/c1-17(13-4-2-3-5-13)10-14-8-12(16-18-14)9-15-11-6-7-11/h8,11,13,15H,2-7,9-10H2,1H3. The fraction of sp³-hybridized carbons (Fsp3) is 0.786. The summed E-state index contributed by atoms with van der Waals surface area (Å²) in [5, 5.41) is 7.59. The van der Waals surface area contributed by atoms with Crippen LogP contribution in [-0.2, 0) is 13.1 Å². The van der Waals surface area contributed by atoms with Crippen molar-refractivity contribution in [3.05, 3.63) is 17.5 Å². The summed E-state index contributed by atoms with van der Waals surface area (Å²) in [5.74, 6) is 0.997. The zero-order valence-corrected chi connectivity index (χ0v) is 11.2. The minimum Gasteiger partial charge on any atom is -0.360 e. The van der Waals surface area contributed by atoms with E-state index >= 15 is 0 Å². The Hall–Kier alpha value is -0.870. The maximum absolute atomic E-state index is 5.42. The first kappa shape index (κ1) is 12.2. The molecule has 2 aliphatic rings. The second kappa shape index (κ2) is 5.41. The molecule has 1 N–H and O–H groups in total. The number of rotatable bonds is 6. The van der Waals surface area contributed by atoms with Crippen LogP contribution in [0.4, 0.5) is 0 Å². The first-order chi connectivity index (χ1) is 8.81. The molecule has 100 valence electrons. The minimum atomic E-state index is 0.728. The van der Waals surface area contributed by atoms with E-state index in [9.17, 15) is 0 Å². The van der Waals surface area contributed by atoms with Gasteiger partial charge in [-0.2, -0.15) is 0 Å². The molecule has 0 aliphatic heterocycles. The summed E-state index contributed by atoms with van der Waals surface area (Å²) in [7, 11) is 2.20. The highest BCUT2D eigenvalue weighted by Gasteiger charge is 2.22. The summed E-state index contributed by atoms with van der Waals surface area (Å²) >= 11 is 0. The Morgan fingerprint density at radius 1 is 1.33 bits per heavy atom. The van der Waals surface area contributed by atoms with Gasteiger partial charge < -0.3 is 9.84 Å². The lowest BCUT2D eigenvalue weighted by Crippen LogP contribution is -2.28. The van der Waals surface area contributed by atoms with Crippen LogP contribution in [0.1, 0.15) is 50.0 Å². The van der Waals surface area contributed by atoms with E-state index in [-0.39, 0.29) is 0 Å². The highest BCUT2D eigenvalue weighted by Crippen LogP contribution is 2.24. The SMILES string of the molecule is CN(Cc1cc(CNC2CC2)no1)C1CCCC1. The molecule has 2 saturated carbocycles. The van der Waals surface area contributed by atoms with Crippen molar-refractivity contribution in [1.29, 1.82) is 0 Å². The Labute approximate surface area is 109 Å². The van der Waals surface area contributed by atoms with Crippen molar-refractivity contribution in [3.63, 3.8) is 0 Å². The van der Waals surface area contributed by atoms with Crippen LogP contribution in [0.5, 0.6) is 0 Å². The van der Waals surface area contributed by atoms with Gasteiger partial charge in [-0.15, -0.1) is 0 Å². The molecule has 0 amide bonds. The lowest BCUT2D eigenvalue weighted by molar-refractivity contribution is 0.209. The number of hydrogen-bond donors (Lipinski definition) is 1. The fourth-order valence-electron chi connectivity index (χ4n) is 2.77. The number of hydrogen-bond acceptors (Lipinski definition) is 4. The van der Waals surface area contributed by atoms with Crippen LogP contribution >= 0.6 is 0 Å². The summed E-state index contributed by atoms with van der Waals surface area (Å²) in [6, 6.07) is 3.57. The Kier molecular flexibility index (Phi) is 3.66. The van der Waals surface area contributed by atoms with Crippen molar-refractivity contribution in [2.45, 2.75) is 63.7 Å². The van der Waals surface area contributed by atoms with Gasteiger partial charge in [-0.05, 0) is 32.7 Å². The summed E-state index contributed by atoms with van der Waals surface area (Å²) in [5.41, 5.74) is 1.04. The molecule has 2 fully saturated rings. The third kappa shape index (κ3) is 3.12. The van der Waals surface area contributed by atoms with E-state index in [1.165, 1.54) is 38.5 Å². The molecule has 0 atom stereocenters. The molecule has 4 heteroatoms. The Balaban J connectivity index is 1.48. The van der Waals surface area contributed by atoms with Gasteiger partial charge in [-0.3, -0.25) is 4.90 Å². The van der Waals surface area contributed by atoms with Gasteiger partial charge in [0.2, 0.25) is 0 Å². The largest absolute Gasteiger partial charge is 0.360 e.